The van der Waals surface area contributed by atoms with Crippen LogP contribution < -0.4 is 14.8 Å². The number of hydrogen-bond acceptors (Lipinski definition) is 4. The van der Waals surface area contributed by atoms with Gasteiger partial charge >= 0.3 is 0 Å². The van der Waals surface area contributed by atoms with Crippen molar-refractivity contribution in [2.75, 3.05) is 49.0 Å². The van der Waals surface area contributed by atoms with Gasteiger partial charge in [0.1, 0.15) is 0 Å². The van der Waals surface area contributed by atoms with Gasteiger partial charge < -0.3 is 29.2 Å². The average Bonchev–Trinajstić information content (AvgIpc) is 3.08. The van der Waals surface area contributed by atoms with E-state index in [-0.39, 0.29) is 6.04 Å². The molecule has 1 aromatic carbocycles. The number of methoxy groups -OCH3 is 2. The van der Waals surface area contributed by atoms with Gasteiger partial charge in [0, 0.05) is 39.6 Å². The van der Waals surface area contributed by atoms with Gasteiger partial charge in [-0.15, -0.1) is 0 Å². The van der Waals surface area contributed by atoms with Crippen molar-refractivity contribution in [3.63, 3.8) is 0 Å². The Kier molecular flexibility index (Phi) is 7.75. The van der Waals surface area contributed by atoms with Crippen LogP contribution in [0.4, 0.5) is 0 Å². The molecule has 0 aliphatic rings. The van der Waals surface area contributed by atoms with Crippen LogP contribution >= 0.6 is 0 Å². The van der Waals surface area contributed by atoms with Gasteiger partial charge in [-0.05, 0) is 43.9 Å². The molecule has 2 aromatic rings. The van der Waals surface area contributed by atoms with Crippen LogP contribution in [0.2, 0.25) is 0 Å². The number of likely N-dealkylation sites (N-methyl/N-ethyl adjacent to an activating group) is 1. The molecule has 0 bridgehead atoms. The predicted molar refractivity (Wildman–Crippen MR) is 114 cm³/mol. The molecule has 7 nitrogen and oxygen atoms in total. The number of nitrogens with one attached hydrogen (secondary N) is 1. The lowest BCUT2D eigenvalue weighted by Gasteiger charge is -2.29. The van der Waals surface area contributed by atoms with Crippen LogP contribution in [0.15, 0.2) is 41.5 Å². The topological polar surface area (TPSA) is 54.3 Å². The summed E-state index contributed by atoms with van der Waals surface area (Å²) in [5.41, 5.74) is 2.38. The number of guanidine groups is 1. The van der Waals surface area contributed by atoms with Crippen molar-refractivity contribution < 1.29 is 9.47 Å². The summed E-state index contributed by atoms with van der Waals surface area (Å²) in [4.78, 5) is 8.74. The lowest BCUT2D eigenvalue weighted by Crippen LogP contribution is -2.42. The molecule has 1 atom stereocenters. The van der Waals surface area contributed by atoms with E-state index < -0.39 is 0 Å². The second-order valence-corrected chi connectivity index (χ2v) is 6.99. The number of hydrogen-bond donors (Lipinski definition) is 1. The molecular formula is C21H33N5O2. The molecule has 154 valence electrons. The first-order chi connectivity index (χ1) is 13.4. The number of aryl methyl sites for hydroxylation is 1. The molecular weight excluding hydrogens is 354 g/mol. The van der Waals surface area contributed by atoms with E-state index in [0.29, 0.717) is 6.54 Å². The van der Waals surface area contributed by atoms with Crippen LogP contribution in [0.1, 0.15) is 17.3 Å². The number of benzene rings is 1. The molecule has 0 amide bonds. The third-order valence-corrected chi connectivity index (χ3v) is 4.89. The quantitative estimate of drug-likeness (QED) is 0.557. The van der Waals surface area contributed by atoms with Gasteiger partial charge in [-0.3, -0.25) is 4.99 Å². The Morgan fingerprint density at radius 1 is 1.14 bits per heavy atom. The van der Waals surface area contributed by atoms with Gasteiger partial charge in [0.05, 0.1) is 26.8 Å². The van der Waals surface area contributed by atoms with E-state index >= 15 is 0 Å². The lowest BCUT2D eigenvalue weighted by atomic mass is 10.1. The molecule has 0 aliphatic carbocycles. The number of ether oxygens (including phenoxy) is 2. The van der Waals surface area contributed by atoms with E-state index in [0.717, 1.165) is 29.6 Å². The van der Waals surface area contributed by atoms with Crippen LogP contribution in [0.5, 0.6) is 11.5 Å². The fraction of sp³-hybridized carbons (Fsp3) is 0.476. The summed E-state index contributed by atoms with van der Waals surface area (Å²) in [7, 11) is 13.4. The van der Waals surface area contributed by atoms with Crippen LogP contribution in [0.3, 0.4) is 0 Å². The Morgan fingerprint density at radius 2 is 1.86 bits per heavy atom. The Balaban J connectivity index is 2.10. The zero-order valence-corrected chi connectivity index (χ0v) is 18.1. The van der Waals surface area contributed by atoms with Crippen LogP contribution in [0, 0.1) is 0 Å². The highest BCUT2D eigenvalue weighted by Crippen LogP contribution is 2.31. The number of aromatic nitrogens is 1. The molecule has 7 heteroatoms. The Bertz CT molecular complexity index is 785. The summed E-state index contributed by atoms with van der Waals surface area (Å²) in [6.45, 7) is 1.50. The van der Waals surface area contributed by atoms with Gasteiger partial charge in [0.25, 0.3) is 0 Å². The largest absolute Gasteiger partial charge is 0.493 e. The fourth-order valence-electron chi connectivity index (χ4n) is 3.21. The van der Waals surface area contributed by atoms with Gasteiger partial charge in [0.15, 0.2) is 17.5 Å². The molecule has 0 saturated carbocycles. The minimum Gasteiger partial charge on any atom is -0.493 e. The van der Waals surface area contributed by atoms with E-state index in [2.05, 4.69) is 70.2 Å². The molecule has 0 fully saturated rings. The highest BCUT2D eigenvalue weighted by atomic mass is 16.5. The van der Waals surface area contributed by atoms with Gasteiger partial charge in [-0.25, -0.2) is 0 Å². The Labute approximate surface area is 168 Å². The fourth-order valence-corrected chi connectivity index (χ4v) is 3.21. The molecule has 2 rings (SSSR count). The Hall–Kier alpha value is -2.67. The third-order valence-electron chi connectivity index (χ3n) is 4.89. The minimum atomic E-state index is 0.153. The SMILES string of the molecule is CN=C(NCC(c1ccc(OC)c(OC)c1)N(C)C)N(C)Cc1cccn1C. The second-order valence-electron chi connectivity index (χ2n) is 6.99. The van der Waals surface area contributed by atoms with Crippen LogP contribution in [-0.2, 0) is 13.6 Å². The van der Waals surface area contributed by atoms with Crippen molar-refractivity contribution >= 4 is 5.96 Å². The summed E-state index contributed by atoms with van der Waals surface area (Å²) < 4.78 is 12.9. The summed E-state index contributed by atoms with van der Waals surface area (Å²) in [6.07, 6.45) is 2.05. The van der Waals surface area contributed by atoms with Gasteiger partial charge in [-0.1, -0.05) is 6.07 Å². The molecule has 0 aliphatic heterocycles. The highest BCUT2D eigenvalue weighted by Gasteiger charge is 2.18. The normalized spacial score (nSPS) is 12.8. The zero-order chi connectivity index (χ0) is 20.7. The number of aliphatic imine (C=N–C) groups is 1. The van der Waals surface area contributed by atoms with Crippen molar-refractivity contribution in [1.29, 1.82) is 0 Å². The molecule has 1 aromatic heterocycles. The monoisotopic (exact) mass is 387 g/mol. The van der Waals surface area contributed by atoms with Crippen molar-refractivity contribution in [1.82, 2.24) is 19.7 Å². The van der Waals surface area contributed by atoms with Crippen molar-refractivity contribution in [3.8, 4) is 11.5 Å². The summed E-state index contributed by atoms with van der Waals surface area (Å²) in [5.74, 6) is 2.32. The summed E-state index contributed by atoms with van der Waals surface area (Å²) in [5, 5.41) is 3.50. The van der Waals surface area contributed by atoms with E-state index in [1.54, 1.807) is 14.2 Å². The summed E-state index contributed by atoms with van der Waals surface area (Å²) in [6, 6.07) is 10.4. The molecule has 0 saturated heterocycles. The molecule has 1 N–H and O–H groups in total. The summed E-state index contributed by atoms with van der Waals surface area (Å²) >= 11 is 0. The maximum absolute atomic E-state index is 5.46. The first-order valence-electron chi connectivity index (χ1n) is 9.31. The molecule has 1 heterocycles. The average molecular weight is 388 g/mol. The molecule has 0 radical (unpaired) electrons. The smallest absolute Gasteiger partial charge is 0.193 e. The number of nitrogens with zero attached hydrogens (tertiary/aromatic N) is 4. The predicted octanol–water partition coefficient (Wildman–Crippen LogP) is 2.35. The Morgan fingerprint density at radius 3 is 2.39 bits per heavy atom. The zero-order valence-electron chi connectivity index (χ0n) is 18.1. The maximum Gasteiger partial charge on any atom is 0.193 e. The third kappa shape index (κ3) is 5.19. The standard InChI is InChI=1S/C21H33N5O2/c1-22-21(26(5)15-17-9-8-12-25(17)4)23-14-18(24(2)3)16-10-11-19(27-6)20(13-16)28-7/h8-13,18H,14-15H2,1-7H3,(H,22,23). The number of rotatable bonds is 8. The minimum absolute atomic E-state index is 0.153. The lowest BCUT2D eigenvalue weighted by molar-refractivity contribution is 0.293. The van der Waals surface area contributed by atoms with E-state index in [9.17, 15) is 0 Å². The van der Waals surface area contributed by atoms with Crippen molar-refractivity contribution in [3.05, 3.63) is 47.8 Å². The van der Waals surface area contributed by atoms with Crippen LogP contribution in [-0.4, -0.2) is 69.3 Å². The van der Waals surface area contributed by atoms with E-state index in [4.69, 9.17) is 9.47 Å². The van der Waals surface area contributed by atoms with Gasteiger partial charge in [0.2, 0.25) is 0 Å². The van der Waals surface area contributed by atoms with Crippen molar-refractivity contribution in [2.24, 2.45) is 12.0 Å². The first-order valence-corrected chi connectivity index (χ1v) is 9.31. The molecule has 0 spiro atoms. The highest BCUT2D eigenvalue weighted by molar-refractivity contribution is 5.79. The molecule has 1 unspecified atom stereocenters. The second kappa shape index (κ2) is 10.0. The van der Waals surface area contributed by atoms with E-state index in [1.807, 2.05) is 26.2 Å². The van der Waals surface area contributed by atoms with E-state index in [1.165, 1.54) is 5.69 Å². The maximum atomic E-state index is 5.46. The first kappa shape index (κ1) is 21.6. The van der Waals surface area contributed by atoms with Gasteiger partial charge in [-0.2, -0.15) is 0 Å². The van der Waals surface area contributed by atoms with Crippen molar-refractivity contribution in [2.45, 2.75) is 12.6 Å². The van der Waals surface area contributed by atoms with Crippen LogP contribution in [0.25, 0.3) is 0 Å². The molecule has 28 heavy (non-hydrogen) atoms.